The van der Waals surface area contributed by atoms with Gasteiger partial charge in [-0.3, -0.25) is 9.69 Å². The topological polar surface area (TPSA) is 59.1 Å². The van der Waals surface area contributed by atoms with Crippen LogP contribution in [-0.4, -0.2) is 66.8 Å². The van der Waals surface area contributed by atoms with Gasteiger partial charge in [-0.1, -0.05) is 6.42 Å². The first-order chi connectivity index (χ1) is 12.8. The monoisotopic (exact) mass is 382 g/mol. The maximum absolute atomic E-state index is 12.2. The van der Waals surface area contributed by atoms with E-state index < -0.39 is 5.60 Å². The Morgan fingerprint density at radius 2 is 1.67 bits per heavy atom. The van der Waals surface area contributed by atoms with E-state index in [2.05, 4.69) is 4.90 Å². The zero-order chi connectivity index (χ0) is 19.9. The van der Waals surface area contributed by atoms with Gasteiger partial charge < -0.3 is 14.4 Å². The number of ether oxygens (including phenoxy) is 2. The van der Waals surface area contributed by atoms with Crippen LogP contribution in [0.4, 0.5) is 4.79 Å². The molecule has 156 valence electrons. The standard InChI is InChI=1S/C21H38N2O4/c1-5-26-19(24)16-22-12-6-7-18(15-22)9-8-17-10-13-23(14-11-17)20(25)27-21(2,3)4/h17-18H,5-16H2,1-4H3/t18-/m1/s1. The highest BCUT2D eigenvalue weighted by atomic mass is 16.6. The molecule has 0 N–H and O–H groups in total. The summed E-state index contributed by atoms with van der Waals surface area (Å²) in [6.45, 7) is 12.1. The van der Waals surface area contributed by atoms with Crippen molar-refractivity contribution in [2.24, 2.45) is 11.8 Å². The Kier molecular flexibility index (Phi) is 8.39. The first-order valence-corrected chi connectivity index (χ1v) is 10.6. The Morgan fingerprint density at radius 1 is 1.00 bits per heavy atom. The molecule has 0 bridgehead atoms. The molecule has 2 saturated heterocycles. The summed E-state index contributed by atoms with van der Waals surface area (Å²) in [4.78, 5) is 27.9. The van der Waals surface area contributed by atoms with Gasteiger partial charge in [-0.15, -0.1) is 0 Å². The predicted molar refractivity (Wildman–Crippen MR) is 106 cm³/mol. The molecule has 2 aliphatic rings. The maximum atomic E-state index is 12.2. The highest BCUT2D eigenvalue weighted by Crippen LogP contribution is 2.28. The van der Waals surface area contributed by atoms with Gasteiger partial charge in [0.25, 0.3) is 0 Å². The van der Waals surface area contributed by atoms with E-state index in [1.54, 1.807) is 0 Å². The maximum Gasteiger partial charge on any atom is 0.410 e. The van der Waals surface area contributed by atoms with Crippen LogP contribution in [-0.2, 0) is 14.3 Å². The van der Waals surface area contributed by atoms with Crippen molar-refractivity contribution in [1.29, 1.82) is 0 Å². The van der Waals surface area contributed by atoms with E-state index in [1.165, 1.54) is 25.7 Å². The zero-order valence-corrected chi connectivity index (χ0v) is 17.7. The van der Waals surface area contributed by atoms with Gasteiger partial charge in [0, 0.05) is 19.6 Å². The van der Waals surface area contributed by atoms with E-state index in [0.717, 1.165) is 39.0 Å². The van der Waals surface area contributed by atoms with Crippen LogP contribution in [0.1, 0.15) is 66.2 Å². The van der Waals surface area contributed by atoms with Gasteiger partial charge in [0.2, 0.25) is 0 Å². The van der Waals surface area contributed by atoms with Crippen molar-refractivity contribution >= 4 is 12.1 Å². The van der Waals surface area contributed by atoms with Crippen LogP contribution in [0.3, 0.4) is 0 Å². The molecule has 2 fully saturated rings. The molecule has 0 unspecified atom stereocenters. The van der Waals surface area contributed by atoms with E-state index in [9.17, 15) is 9.59 Å². The third-order valence-electron chi connectivity index (χ3n) is 5.51. The van der Waals surface area contributed by atoms with Crippen molar-refractivity contribution in [3.05, 3.63) is 0 Å². The molecule has 1 amide bonds. The minimum absolute atomic E-state index is 0.104. The minimum atomic E-state index is -0.426. The minimum Gasteiger partial charge on any atom is -0.465 e. The third kappa shape index (κ3) is 8.08. The molecule has 0 aromatic heterocycles. The summed E-state index contributed by atoms with van der Waals surface area (Å²) < 4.78 is 10.5. The number of carbonyl (C=O) groups excluding carboxylic acids is 2. The largest absolute Gasteiger partial charge is 0.465 e. The van der Waals surface area contributed by atoms with Gasteiger partial charge in [-0.25, -0.2) is 4.79 Å². The van der Waals surface area contributed by atoms with Crippen LogP contribution in [0.2, 0.25) is 0 Å². The molecule has 0 aromatic rings. The summed E-state index contributed by atoms with van der Waals surface area (Å²) in [6, 6.07) is 0. The highest BCUT2D eigenvalue weighted by Gasteiger charge is 2.28. The van der Waals surface area contributed by atoms with Crippen LogP contribution < -0.4 is 0 Å². The zero-order valence-electron chi connectivity index (χ0n) is 17.7. The molecule has 2 heterocycles. The number of amides is 1. The number of rotatable bonds is 6. The average Bonchev–Trinajstić information content (AvgIpc) is 2.59. The summed E-state index contributed by atoms with van der Waals surface area (Å²) in [6.07, 6.45) is 6.83. The fourth-order valence-corrected chi connectivity index (χ4v) is 4.12. The number of esters is 1. The number of likely N-dealkylation sites (tertiary alicyclic amines) is 2. The molecule has 27 heavy (non-hydrogen) atoms. The van der Waals surface area contributed by atoms with Crippen LogP contribution in [0.15, 0.2) is 0 Å². The lowest BCUT2D eigenvalue weighted by Gasteiger charge is -2.35. The van der Waals surface area contributed by atoms with E-state index in [0.29, 0.717) is 25.0 Å². The summed E-state index contributed by atoms with van der Waals surface area (Å²) in [7, 11) is 0. The molecule has 6 heteroatoms. The Bertz CT molecular complexity index is 481. The van der Waals surface area contributed by atoms with E-state index in [4.69, 9.17) is 9.47 Å². The average molecular weight is 383 g/mol. The molecule has 0 spiro atoms. The molecule has 0 radical (unpaired) electrons. The first-order valence-electron chi connectivity index (χ1n) is 10.6. The number of nitrogens with zero attached hydrogens (tertiary/aromatic N) is 2. The van der Waals surface area contributed by atoms with Crippen molar-refractivity contribution in [2.45, 2.75) is 71.8 Å². The van der Waals surface area contributed by atoms with Gasteiger partial charge >= 0.3 is 12.1 Å². The van der Waals surface area contributed by atoms with E-state index in [1.807, 2.05) is 32.6 Å². The Hall–Kier alpha value is -1.30. The molecule has 0 saturated carbocycles. The second-order valence-electron chi connectivity index (χ2n) is 9.04. The Balaban J connectivity index is 1.66. The summed E-state index contributed by atoms with van der Waals surface area (Å²) in [5.74, 6) is 1.27. The van der Waals surface area contributed by atoms with Crippen molar-refractivity contribution in [1.82, 2.24) is 9.80 Å². The lowest BCUT2D eigenvalue weighted by Crippen LogP contribution is -2.42. The van der Waals surface area contributed by atoms with Gasteiger partial charge in [0.15, 0.2) is 0 Å². The van der Waals surface area contributed by atoms with Crippen LogP contribution >= 0.6 is 0 Å². The Labute approximate surface area is 164 Å². The van der Waals surface area contributed by atoms with Crippen molar-refractivity contribution in [3.8, 4) is 0 Å². The first kappa shape index (κ1) is 22.0. The quantitative estimate of drug-likeness (QED) is 0.656. The molecular weight excluding hydrogens is 344 g/mol. The van der Waals surface area contributed by atoms with Crippen LogP contribution in [0.5, 0.6) is 0 Å². The molecule has 0 aliphatic carbocycles. The van der Waals surface area contributed by atoms with Crippen molar-refractivity contribution in [3.63, 3.8) is 0 Å². The van der Waals surface area contributed by atoms with Crippen molar-refractivity contribution in [2.75, 3.05) is 39.3 Å². The Morgan fingerprint density at radius 3 is 2.30 bits per heavy atom. The van der Waals surface area contributed by atoms with Crippen LogP contribution in [0, 0.1) is 11.8 Å². The van der Waals surface area contributed by atoms with Gasteiger partial charge in [-0.2, -0.15) is 0 Å². The summed E-state index contributed by atoms with van der Waals surface area (Å²) >= 11 is 0. The second-order valence-corrected chi connectivity index (χ2v) is 9.04. The predicted octanol–water partition coefficient (Wildman–Crippen LogP) is 3.69. The fraction of sp³-hybridized carbons (Fsp3) is 0.905. The van der Waals surface area contributed by atoms with Crippen molar-refractivity contribution < 1.29 is 19.1 Å². The molecule has 2 rings (SSSR count). The smallest absolute Gasteiger partial charge is 0.410 e. The van der Waals surface area contributed by atoms with Gasteiger partial charge in [-0.05, 0) is 78.2 Å². The summed E-state index contributed by atoms with van der Waals surface area (Å²) in [5.41, 5.74) is -0.426. The van der Waals surface area contributed by atoms with E-state index in [-0.39, 0.29) is 12.1 Å². The third-order valence-corrected chi connectivity index (χ3v) is 5.51. The molecular formula is C21H38N2O4. The lowest BCUT2D eigenvalue weighted by molar-refractivity contribution is -0.144. The summed E-state index contributed by atoms with van der Waals surface area (Å²) in [5, 5.41) is 0. The van der Waals surface area contributed by atoms with E-state index >= 15 is 0 Å². The number of piperidine rings is 2. The number of hydrogen-bond donors (Lipinski definition) is 0. The second kappa shape index (κ2) is 10.3. The SMILES string of the molecule is CCOC(=O)CN1CCC[C@H](CCC2CCN(C(=O)OC(C)(C)C)CC2)C1. The number of carbonyl (C=O) groups is 2. The van der Waals surface area contributed by atoms with Gasteiger partial charge in [0.1, 0.15) is 5.60 Å². The molecule has 6 nitrogen and oxygen atoms in total. The van der Waals surface area contributed by atoms with Crippen LogP contribution in [0.25, 0.3) is 0 Å². The fourth-order valence-electron chi connectivity index (χ4n) is 4.12. The molecule has 0 aromatic carbocycles. The highest BCUT2D eigenvalue weighted by molar-refractivity contribution is 5.71. The normalized spacial score (nSPS) is 22.5. The molecule has 2 aliphatic heterocycles. The van der Waals surface area contributed by atoms with Gasteiger partial charge in [0.05, 0.1) is 13.2 Å². The molecule has 1 atom stereocenters. The lowest BCUT2D eigenvalue weighted by atomic mass is 9.86. The number of hydrogen-bond acceptors (Lipinski definition) is 5.